The fourth-order valence-corrected chi connectivity index (χ4v) is 2.10. The Morgan fingerprint density at radius 1 is 1.36 bits per heavy atom. The molecule has 0 aliphatic carbocycles. The van der Waals surface area contributed by atoms with E-state index in [0.717, 1.165) is 6.07 Å². The summed E-state index contributed by atoms with van der Waals surface area (Å²) >= 11 is 5.51. The van der Waals surface area contributed by atoms with Crippen molar-refractivity contribution in [3.63, 3.8) is 0 Å². The minimum absolute atomic E-state index is 0.119. The van der Waals surface area contributed by atoms with E-state index in [1.807, 2.05) is 0 Å². The molecule has 1 aromatic carbocycles. The molecule has 0 aliphatic rings. The Labute approximate surface area is 145 Å². The lowest BCUT2D eigenvalue weighted by atomic mass is 10.2. The van der Waals surface area contributed by atoms with E-state index in [-0.39, 0.29) is 11.3 Å². The number of aromatic nitrogens is 2. The zero-order valence-electron chi connectivity index (χ0n) is 13.1. The Kier molecular flexibility index (Phi) is 5.36. The highest BCUT2D eigenvalue weighted by atomic mass is 35.5. The molecule has 1 heterocycles. The molecule has 2 rings (SSSR count). The number of ether oxygens (including phenoxy) is 1. The predicted octanol–water partition coefficient (Wildman–Crippen LogP) is 3.28. The highest BCUT2D eigenvalue weighted by molar-refractivity contribution is 6.31. The van der Waals surface area contributed by atoms with Crippen molar-refractivity contribution in [3.8, 4) is 0 Å². The Balaban J connectivity index is 2.05. The van der Waals surface area contributed by atoms with E-state index in [2.05, 4.69) is 10.4 Å². The van der Waals surface area contributed by atoms with Gasteiger partial charge in [-0.3, -0.25) is 9.48 Å². The summed E-state index contributed by atoms with van der Waals surface area (Å²) in [7, 11) is 1.60. The lowest BCUT2D eigenvalue weighted by Crippen LogP contribution is -2.30. The molecule has 1 atom stereocenters. The van der Waals surface area contributed by atoms with Crippen LogP contribution in [0.3, 0.4) is 0 Å². The van der Waals surface area contributed by atoms with Gasteiger partial charge in [0.05, 0.1) is 22.3 Å². The maximum Gasteiger partial charge on any atom is 0.417 e. The molecule has 10 heteroatoms. The van der Waals surface area contributed by atoms with E-state index in [4.69, 9.17) is 16.3 Å². The third kappa shape index (κ3) is 4.72. The molecule has 6 nitrogen and oxygen atoms in total. The summed E-state index contributed by atoms with van der Waals surface area (Å²) in [6, 6.07) is 2.94. The molecule has 0 radical (unpaired) electrons. The molecule has 0 unspecified atom stereocenters. The summed E-state index contributed by atoms with van der Waals surface area (Å²) < 4.78 is 44.8. The van der Waals surface area contributed by atoms with Gasteiger partial charge in [-0.2, -0.15) is 18.3 Å². The number of nitrogens with one attached hydrogen (secondary N) is 1. The lowest BCUT2D eigenvalue weighted by Gasteiger charge is -2.15. The molecule has 134 valence electrons. The van der Waals surface area contributed by atoms with E-state index in [9.17, 15) is 22.8 Å². The number of aryl methyl sites for hydroxylation is 1. The SMILES string of the molecule is C[C@H](OC(=O)c1cnn(C)c1)C(=O)Nc1ccc(Cl)c(C(F)(F)F)c1. The highest BCUT2D eigenvalue weighted by Crippen LogP contribution is 2.36. The van der Waals surface area contributed by atoms with Crippen LogP contribution in [-0.2, 0) is 22.8 Å². The standard InChI is InChI=1S/C15H13ClF3N3O3/c1-8(25-14(24)9-6-20-22(2)7-9)13(23)21-10-3-4-12(16)11(5-10)15(17,18)19/h3-8H,1-2H3,(H,21,23)/t8-/m0/s1. The van der Waals surface area contributed by atoms with Gasteiger partial charge in [0.2, 0.25) is 0 Å². The minimum atomic E-state index is -4.66. The molecule has 1 aromatic heterocycles. The molecule has 0 saturated heterocycles. The van der Waals surface area contributed by atoms with Crippen molar-refractivity contribution in [3.05, 3.63) is 46.7 Å². The second-order valence-electron chi connectivity index (χ2n) is 5.13. The number of nitrogens with zero attached hydrogens (tertiary/aromatic N) is 2. The lowest BCUT2D eigenvalue weighted by molar-refractivity contribution is -0.137. The van der Waals surface area contributed by atoms with Gasteiger partial charge in [0.15, 0.2) is 6.10 Å². The van der Waals surface area contributed by atoms with Crippen LogP contribution < -0.4 is 5.32 Å². The van der Waals surface area contributed by atoms with E-state index in [1.54, 1.807) is 7.05 Å². The molecule has 1 N–H and O–H groups in total. The van der Waals surface area contributed by atoms with Gasteiger partial charge in [0.1, 0.15) is 0 Å². The van der Waals surface area contributed by atoms with Gasteiger partial charge in [0.25, 0.3) is 5.91 Å². The van der Waals surface area contributed by atoms with E-state index in [0.29, 0.717) is 6.07 Å². The van der Waals surface area contributed by atoms with Crippen molar-refractivity contribution in [2.45, 2.75) is 19.2 Å². The number of esters is 1. The number of halogens is 4. The first kappa shape index (κ1) is 18.8. The summed E-state index contributed by atoms with van der Waals surface area (Å²) in [4.78, 5) is 23.8. The molecule has 0 spiro atoms. The number of alkyl halides is 3. The Morgan fingerprint density at radius 3 is 2.60 bits per heavy atom. The van der Waals surface area contributed by atoms with Gasteiger partial charge in [-0.15, -0.1) is 0 Å². The van der Waals surface area contributed by atoms with Gasteiger partial charge < -0.3 is 10.1 Å². The maximum absolute atomic E-state index is 12.8. The number of anilines is 1. The average Bonchev–Trinajstić information content (AvgIpc) is 2.94. The first-order valence-electron chi connectivity index (χ1n) is 6.95. The molecule has 2 aromatic rings. The second kappa shape index (κ2) is 7.14. The Hall–Kier alpha value is -2.55. The van der Waals surface area contributed by atoms with E-state index in [1.165, 1.54) is 30.1 Å². The van der Waals surface area contributed by atoms with Crippen LogP contribution in [0, 0.1) is 0 Å². The third-order valence-electron chi connectivity index (χ3n) is 3.13. The summed E-state index contributed by atoms with van der Waals surface area (Å²) in [5.41, 5.74) is -1.05. The van der Waals surface area contributed by atoms with Crippen LogP contribution in [0.15, 0.2) is 30.6 Å². The highest BCUT2D eigenvalue weighted by Gasteiger charge is 2.33. The van der Waals surface area contributed by atoms with Crippen LogP contribution >= 0.6 is 11.6 Å². The summed E-state index contributed by atoms with van der Waals surface area (Å²) in [5.74, 6) is -1.56. The van der Waals surface area contributed by atoms with Gasteiger partial charge in [0, 0.05) is 18.9 Å². The van der Waals surface area contributed by atoms with Crippen molar-refractivity contribution >= 4 is 29.2 Å². The third-order valence-corrected chi connectivity index (χ3v) is 3.46. The van der Waals surface area contributed by atoms with E-state index < -0.39 is 34.7 Å². The zero-order valence-corrected chi connectivity index (χ0v) is 13.9. The first-order valence-corrected chi connectivity index (χ1v) is 7.33. The summed E-state index contributed by atoms with van der Waals surface area (Å²) in [5, 5.41) is 5.56. The largest absolute Gasteiger partial charge is 0.449 e. The summed E-state index contributed by atoms with van der Waals surface area (Å²) in [6.45, 7) is 1.30. The zero-order chi connectivity index (χ0) is 18.8. The van der Waals surface area contributed by atoms with Crippen LogP contribution in [0.2, 0.25) is 5.02 Å². The van der Waals surface area contributed by atoms with Crippen LogP contribution in [0.25, 0.3) is 0 Å². The number of benzene rings is 1. The fourth-order valence-electron chi connectivity index (χ4n) is 1.87. The van der Waals surface area contributed by atoms with Gasteiger partial charge in [-0.25, -0.2) is 4.79 Å². The first-order chi connectivity index (χ1) is 11.6. The van der Waals surface area contributed by atoms with Crippen LogP contribution in [0.5, 0.6) is 0 Å². The number of carbonyl (C=O) groups is 2. The van der Waals surface area contributed by atoms with Gasteiger partial charge in [-0.05, 0) is 25.1 Å². The smallest absolute Gasteiger partial charge is 0.417 e. The number of hydrogen-bond donors (Lipinski definition) is 1. The molecule has 1 amide bonds. The topological polar surface area (TPSA) is 73.2 Å². The number of hydrogen-bond acceptors (Lipinski definition) is 4. The maximum atomic E-state index is 12.8. The van der Waals surface area contributed by atoms with Crippen LogP contribution in [-0.4, -0.2) is 27.8 Å². The number of amides is 1. The Morgan fingerprint density at radius 2 is 2.04 bits per heavy atom. The quantitative estimate of drug-likeness (QED) is 0.832. The van der Waals surface area contributed by atoms with Crippen LogP contribution in [0.1, 0.15) is 22.8 Å². The average molecular weight is 376 g/mol. The van der Waals surface area contributed by atoms with Gasteiger partial charge in [-0.1, -0.05) is 11.6 Å². The number of carbonyl (C=O) groups excluding carboxylic acids is 2. The molecule has 0 saturated carbocycles. The van der Waals surface area contributed by atoms with Crippen molar-refractivity contribution in [2.24, 2.45) is 7.05 Å². The monoisotopic (exact) mass is 375 g/mol. The molecular weight excluding hydrogens is 363 g/mol. The summed E-state index contributed by atoms with van der Waals surface area (Å²) in [6.07, 6.45) is -3.21. The van der Waals surface area contributed by atoms with Crippen molar-refractivity contribution in [1.82, 2.24) is 9.78 Å². The van der Waals surface area contributed by atoms with E-state index >= 15 is 0 Å². The molecule has 0 aliphatic heterocycles. The molecule has 25 heavy (non-hydrogen) atoms. The normalized spacial score (nSPS) is 12.6. The minimum Gasteiger partial charge on any atom is -0.449 e. The van der Waals surface area contributed by atoms with Crippen molar-refractivity contribution in [1.29, 1.82) is 0 Å². The predicted molar refractivity (Wildman–Crippen MR) is 83.2 cm³/mol. The fraction of sp³-hybridized carbons (Fsp3) is 0.267. The van der Waals surface area contributed by atoms with Crippen molar-refractivity contribution < 1.29 is 27.5 Å². The van der Waals surface area contributed by atoms with Crippen LogP contribution in [0.4, 0.5) is 18.9 Å². The molecule has 0 bridgehead atoms. The molecule has 0 fully saturated rings. The second-order valence-corrected chi connectivity index (χ2v) is 5.54. The van der Waals surface area contributed by atoms with Gasteiger partial charge >= 0.3 is 12.1 Å². The Bertz CT molecular complexity index is 805. The number of rotatable bonds is 4. The van der Waals surface area contributed by atoms with Crippen molar-refractivity contribution in [2.75, 3.05) is 5.32 Å². The molecular formula is C15H13ClF3N3O3.